The zero-order valence-corrected chi connectivity index (χ0v) is 11.6. The summed E-state index contributed by atoms with van der Waals surface area (Å²) in [5, 5.41) is 5.80. The maximum absolute atomic E-state index is 11.8. The molecule has 1 aromatic rings. The van der Waals surface area contributed by atoms with Crippen LogP contribution in [0.15, 0.2) is 24.3 Å². The third kappa shape index (κ3) is 4.24. The van der Waals surface area contributed by atoms with Crippen molar-refractivity contribution < 1.29 is 9.53 Å². The zero-order chi connectivity index (χ0) is 13.7. The van der Waals surface area contributed by atoms with Gasteiger partial charge in [-0.05, 0) is 32.3 Å². The van der Waals surface area contributed by atoms with Crippen LogP contribution in [-0.2, 0) is 11.3 Å². The molecule has 4 heteroatoms. The van der Waals surface area contributed by atoms with Crippen LogP contribution in [0.25, 0.3) is 0 Å². The van der Waals surface area contributed by atoms with E-state index in [-0.39, 0.29) is 18.2 Å². The number of carbonyl (C=O) groups excluding carboxylic acids is 1. The van der Waals surface area contributed by atoms with E-state index < -0.39 is 0 Å². The van der Waals surface area contributed by atoms with E-state index in [0.29, 0.717) is 6.54 Å². The number of urea groups is 1. The first kappa shape index (κ1) is 13.9. The number of hydrogen-bond acceptors (Lipinski definition) is 2. The predicted octanol–water partition coefficient (Wildman–Crippen LogP) is 2.36. The van der Waals surface area contributed by atoms with Gasteiger partial charge in [-0.2, -0.15) is 0 Å². The number of aryl methyl sites for hydroxylation is 1. The van der Waals surface area contributed by atoms with E-state index in [0.717, 1.165) is 25.0 Å². The Balaban J connectivity index is 1.73. The van der Waals surface area contributed by atoms with Gasteiger partial charge in [0.15, 0.2) is 0 Å². The Morgan fingerprint density at radius 2 is 2.16 bits per heavy atom. The van der Waals surface area contributed by atoms with Gasteiger partial charge in [-0.1, -0.05) is 29.8 Å². The molecular formula is C15H22N2O2. The van der Waals surface area contributed by atoms with Gasteiger partial charge in [0.25, 0.3) is 0 Å². The van der Waals surface area contributed by atoms with Crippen LogP contribution in [0, 0.1) is 6.92 Å². The summed E-state index contributed by atoms with van der Waals surface area (Å²) in [6.07, 6.45) is 2.27. The minimum atomic E-state index is -0.136. The van der Waals surface area contributed by atoms with Crippen LogP contribution in [0.3, 0.4) is 0 Å². The number of carbonyl (C=O) groups is 1. The summed E-state index contributed by atoms with van der Waals surface area (Å²) in [5.74, 6) is 0. The zero-order valence-electron chi connectivity index (χ0n) is 11.6. The van der Waals surface area contributed by atoms with Crippen molar-refractivity contribution in [2.45, 2.75) is 45.4 Å². The van der Waals surface area contributed by atoms with Gasteiger partial charge in [0, 0.05) is 13.2 Å². The molecule has 1 aromatic carbocycles. The Hall–Kier alpha value is -1.55. The lowest BCUT2D eigenvalue weighted by atomic mass is 10.1. The second kappa shape index (κ2) is 6.57. The van der Waals surface area contributed by atoms with Gasteiger partial charge < -0.3 is 15.4 Å². The molecule has 2 rings (SSSR count). The molecule has 0 spiro atoms. The molecule has 0 aromatic heterocycles. The topological polar surface area (TPSA) is 50.4 Å². The number of ether oxygens (including phenoxy) is 1. The van der Waals surface area contributed by atoms with E-state index in [4.69, 9.17) is 4.74 Å². The molecule has 104 valence electrons. The Morgan fingerprint density at radius 3 is 2.79 bits per heavy atom. The second-order valence-corrected chi connectivity index (χ2v) is 5.15. The third-order valence-corrected chi connectivity index (χ3v) is 3.46. The van der Waals surface area contributed by atoms with Gasteiger partial charge in [0.2, 0.25) is 0 Å². The summed E-state index contributed by atoms with van der Waals surface area (Å²) in [4.78, 5) is 11.8. The minimum absolute atomic E-state index is 0.0560. The predicted molar refractivity (Wildman–Crippen MR) is 75.0 cm³/mol. The van der Waals surface area contributed by atoms with E-state index in [1.165, 1.54) is 5.56 Å². The van der Waals surface area contributed by atoms with Crippen LogP contribution in [0.1, 0.15) is 30.9 Å². The van der Waals surface area contributed by atoms with Gasteiger partial charge in [0.1, 0.15) is 0 Å². The number of benzene rings is 1. The molecule has 19 heavy (non-hydrogen) atoms. The van der Waals surface area contributed by atoms with Gasteiger partial charge in [0.05, 0.1) is 12.1 Å². The second-order valence-electron chi connectivity index (χ2n) is 5.15. The lowest BCUT2D eigenvalue weighted by Crippen LogP contribution is -2.45. The van der Waals surface area contributed by atoms with Crippen molar-refractivity contribution in [2.24, 2.45) is 0 Å². The molecule has 0 saturated carbocycles. The quantitative estimate of drug-likeness (QED) is 0.875. The number of rotatable bonds is 4. The van der Waals surface area contributed by atoms with Crippen molar-refractivity contribution in [1.29, 1.82) is 0 Å². The number of nitrogens with one attached hydrogen (secondary N) is 2. The highest BCUT2D eigenvalue weighted by molar-refractivity contribution is 5.74. The van der Waals surface area contributed by atoms with Crippen molar-refractivity contribution in [3.8, 4) is 0 Å². The maximum atomic E-state index is 11.8. The number of amides is 2. The van der Waals surface area contributed by atoms with Crippen LogP contribution in [0.5, 0.6) is 0 Å². The largest absolute Gasteiger partial charge is 0.376 e. The van der Waals surface area contributed by atoms with Crippen molar-refractivity contribution in [2.75, 3.05) is 6.61 Å². The van der Waals surface area contributed by atoms with Gasteiger partial charge in [-0.3, -0.25) is 0 Å². The van der Waals surface area contributed by atoms with Crippen LogP contribution >= 0.6 is 0 Å². The third-order valence-electron chi connectivity index (χ3n) is 3.46. The summed E-state index contributed by atoms with van der Waals surface area (Å²) < 4.78 is 5.55. The molecule has 4 nitrogen and oxygen atoms in total. The first-order chi connectivity index (χ1) is 9.15. The molecule has 0 aliphatic carbocycles. The summed E-state index contributed by atoms with van der Waals surface area (Å²) in [6, 6.07) is 8.07. The van der Waals surface area contributed by atoms with Crippen molar-refractivity contribution in [3.63, 3.8) is 0 Å². The minimum Gasteiger partial charge on any atom is -0.376 e. The average Bonchev–Trinajstić information content (AvgIpc) is 2.92. The highest BCUT2D eigenvalue weighted by Gasteiger charge is 2.23. The Kier molecular flexibility index (Phi) is 4.80. The first-order valence-corrected chi connectivity index (χ1v) is 6.86. The van der Waals surface area contributed by atoms with E-state index >= 15 is 0 Å². The van der Waals surface area contributed by atoms with Crippen molar-refractivity contribution >= 4 is 6.03 Å². The van der Waals surface area contributed by atoms with Gasteiger partial charge >= 0.3 is 6.03 Å². The van der Waals surface area contributed by atoms with Crippen LogP contribution in [0.2, 0.25) is 0 Å². The molecule has 1 fully saturated rings. The van der Waals surface area contributed by atoms with Crippen molar-refractivity contribution in [1.82, 2.24) is 10.6 Å². The number of hydrogen-bond donors (Lipinski definition) is 2. The Morgan fingerprint density at radius 1 is 1.42 bits per heavy atom. The van der Waals surface area contributed by atoms with Gasteiger partial charge in [-0.15, -0.1) is 0 Å². The highest BCUT2D eigenvalue weighted by Crippen LogP contribution is 2.15. The van der Waals surface area contributed by atoms with E-state index in [2.05, 4.69) is 10.6 Å². The standard InChI is InChI=1S/C15H22N2O2/c1-11-5-7-13(8-6-11)10-16-15(18)17-12(2)14-4-3-9-19-14/h5-8,12,14H,3-4,9-10H2,1-2H3,(H2,16,17,18)/t12-,14+/m0/s1. The normalized spacial score (nSPS) is 20.0. The summed E-state index contributed by atoms with van der Waals surface area (Å²) >= 11 is 0. The maximum Gasteiger partial charge on any atom is 0.315 e. The smallest absolute Gasteiger partial charge is 0.315 e. The lowest BCUT2D eigenvalue weighted by molar-refractivity contribution is 0.0860. The Bertz CT molecular complexity index is 411. The SMILES string of the molecule is Cc1ccc(CNC(=O)N[C@@H](C)[C@H]2CCCO2)cc1. The highest BCUT2D eigenvalue weighted by atomic mass is 16.5. The first-order valence-electron chi connectivity index (χ1n) is 6.86. The molecule has 2 amide bonds. The van der Waals surface area contributed by atoms with E-state index in [9.17, 15) is 4.79 Å². The van der Waals surface area contributed by atoms with Crippen molar-refractivity contribution in [3.05, 3.63) is 35.4 Å². The summed E-state index contributed by atoms with van der Waals surface area (Å²) in [6.45, 7) is 5.39. The fourth-order valence-electron chi connectivity index (χ4n) is 2.24. The molecule has 2 N–H and O–H groups in total. The molecule has 1 aliphatic heterocycles. The molecule has 1 aliphatic rings. The Labute approximate surface area is 114 Å². The molecular weight excluding hydrogens is 240 g/mol. The fourth-order valence-corrected chi connectivity index (χ4v) is 2.24. The average molecular weight is 262 g/mol. The van der Waals surface area contributed by atoms with Gasteiger partial charge in [-0.25, -0.2) is 4.79 Å². The monoisotopic (exact) mass is 262 g/mol. The molecule has 1 heterocycles. The molecule has 0 unspecified atom stereocenters. The van der Waals surface area contributed by atoms with Crippen LogP contribution in [0.4, 0.5) is 4.79 Å². The molecule has 2 atom stereocenters. The molecule has 0 bridgehead atoms. The fraction of sp³-hybridized carbons (Fsp3) is 0.533. The molecule has 1 saturated heterocycles. The van der Waals surface area contributed by atoms with Crippen LogP contribution in [-0.4, -0.2) is 24.8 Å². The lowest BCUT2D eigenvalue weighted by Gasteiger charge is -2.20. The summed E-state index contributed by atoms with van der Waals surface area (Å²) in [7, 11) is 0. The van der Waals surface area contributed by atoms with E-state index in [1.807, 2.05) is 38.1 Å². The molecule has 0 radical (unpaired) electrons. The summed E-state index contributed by atoms with van der Waals surface area (Å²) in [5.41, 5.74) is 2.32. The van der Waals surface area contributed by atoms with Crippen LogP contribution < -0.4 is 10.6 Å². The van der Waals surface area contributed by atoms with E-state index in [1.54, 1.807) is 0 Å².